The van der Waals surface area contributed by atoms with Gasteiger partial charge in [0, 0.05) is 5.54 Å². The highest BCUT2D eigenvalue weighted by atomic mass is 16.3. The molecular formula is C17H27NO. The molecule has 0 saturated heterocycles. The lowest BCUT2D eigenvalue weighted by Crippen LogP contribution is -2.46. The first-order valence-electron chi connectivity index (χ1n) is 7.45. The van der Waals surface area contributed by atoms with Crippen molar-refractivity contribution >= 4 is 0 Å². The molecule has 0 bridgehead atoms. The van der Waals surface area contributed by atoms with Crippen molar-refractivity contribution < 1.29 is 5.11 Å². The molecule has 1 saturated carbocycles. The van der Waals surface area contributed by atoms with Gasteiger partial charge in [-0.15, -0.1) is 0 Å². The summed E-state index contributed by atoms with van der Waals surface area (Å²) in [7, 11) is 4.11. The fourth-order valence-corrected chi connectivity index (χ4v) is 2.94. The van der Waals surface area contributed by atoms with E-state index < -0.39 is 6.10 Å². The lowest BCUT2D eigenvalue weighted by atomic mass is 9.75. The van der Waals surface area contributed by atoms with Gasteiger partial charge in [-0.05, 0) is 57.3 Å². The van der Waals surface area contributed by atoms with Crippen molar-refractivity contribution in [2.75, 3.05) is 14.1 Å². The second kappa shape index (κ2) is 5.64. The maximum atomic E-state index is 10.9. The summed E-state index contributed by atoms with van der Waals surface area (Å²) in [5, 5.41) is 10.9. The lowest BCUT2D eigenvalue weighted by Gasteiger charge is -2.41. The Morgan fingerprint density at radius 1 is 1.32 bits per heavy atom. The number of aliphatic hydroxyl groups excluding tert-OH is 1. The van der Waals surface area contributed by atoms with Crippen LogP contribution in [-0.2, 0) is 0 Å². The number of rotatable bonds is 5. The molecular weight excluding hydrogens is 234 g/mol. The zero-order valence-electron chi connectivity index (χ0n) is 12.7. The van der Waals surface area contributed by atoms with E-state index >= 15 is 0 Å². The van der Waals surface area contributed by atoms with Crippen LogP contribution in [0.4, 0.5) is 0 Å². The zero-order chi connectivity index (χ0) is 14.0. The quantitative estimate of drug-likeness (QED) is 0.873. The fourth-order valence-electron chi connectivity index (χ4n) is 2.94. The largest absolute Gasteiger partial charge is 0.386 e. The van der Waals surface area contributed by atoms with Crippen LogP contribution in [-0.4, -0.2) is 29.6 Å². The van der Waals surface area contributed by atoms with Crippen LogP contribution in [0.3, 0.4) is 0 Å². The molecule has 1 aliphatic rings. The second-order valence-corrected chi connectivity index (χ2v) is 6.26. The number of likely N-dealkylation sites (N-methyl/N-ethyl adjacent to an activating group) is 1. The summed E-state index contributed by atoms with van der Waals surface area (Å²) in [5.74, 6) is 0.661. The molecule has 1 aromatic carbocycles. The van der Waals surface area contributed by atoms with Crippen molar-refractivity contribution in [1.82, 2.24) is 4.90 Å². The van der Waals surface area contributed by atoms with Crippen molar-refractivity contribution in [2.24, 2.45) is 0 Å². The molecule has 2 unspecified atom stereocenters. The molecule has 2 nitrogen and oxygen atoms in total. The Labute approximate surface area is 117 Å². The van der Waals surface area contributed by atoms with Gasteiger partial charge in [0.25, 0.3) is 0 Å². The summed E-state index contributed by atoms with van der Waals surface area (Å²) < 4.78 is 0. The van der Waals surface area contributed by atoms with Crippen LogP contribution in [0.5, 0.6) is 0 Å². The Balaban J connectivity index is 2.35. The summed E-state index contributed by atoms with van der Waals surface area (Å²) in [6.07, 6.45) is 4.38. The number of nitrogens with zero attached hydrogens (tertiary/aromatic N) is 1. The van der Waals surface area contributed by atoms with E-state index in [1.165, 1.54) is 24.8 Å². The Hall–Kier alpha value is -0.860. The van der Waals surface area contributed by atoms with Crippen molar-refractivity contribution in [3.63, 3.8) is 0 Å². The number of aliphatic hydroxyl groups is 1. The van der Waals surface area contributed by atoms with E-state index in [0.29, 0.717) is 5.92 Å². The zero-order valence-corrected chi connectivity index (χ0v) is 12.7. The molecule has 0 aromatic heterocycles. The summed E-state index contributed by atoms with van der Waals surface area (Å²) in [6.45, 7) is 4.30. The van der Waals surface area contributed by atoms with E-state index in [1.807, 2.05) is 6.07 Å². The second-order valence-electron chi connectivity index (χ2n) is 6.26. The molecule has 2 rings (SSSR count). The van der Waals surface area contributed by atoms with Crippen LogP contribution < -0.4 is 0 Å². The minimum atomic E-state index is -0.427. The highest BCUT2D eigenvalue weighted by molar-refractivity contribution is 5.35. The summed E-state index contributed by atoms with van der Waals surface area (Å²) in [4.78, 5) is 2.15. The van der Waals surface area contributed by atoms with Crippen molar-refractivity contribution in [2.45, 2.75) is 57.1 Å². The van der Waals surface area contributed by atoms with E-state index in [-0.39, 0.29) is 5.54 Å². The molecule has 1 aromatic rings. The third-order valence-electron chi connectivity index (χ3n) is 5.16. The molecule has 2 heteroatoms. The molecule has 19 heavy (non-hydrogen) atoms. The Kier molecular flexibility index (Phi) is 4.32. The standard InChI is InChI=1S/C17H27NO/c1-5-17(2,18(3)4)16(19)15-12-7-6-11-14(15)13-9-8-10-13/h6-7,11-13,16,19H,5,8-10H2,1-4H3. The highest BCUT2D eigenvalue weighted by Gasteiger charge is 2.36. The number of benzene rings is 1. The molecule has 0 heterocycles. The van der Waals surface area contributed by atoms with Crippen LogP contribution in [0.25, 0.3) is 0 Å². The normalized spacial score (nSPS) is 20.9. The lowest BCUT2D eigenvalue weighted by molar-refractivity contribution is -0.0000504. The molecule has 0 radical (unpaired) electrons. The van der Waals surface area contributed by atoms with Gasteiger partial charge >= 0.3 is 0 Å². The maximum absolute atomic E-state index is 10.9. The van der Waals surface area contributed by atoms with Gasteiger partial charge in [0.05, 0.1) is 6.10 Å². The predicted molar refractivity (Wildman–Crippen MR) is 80.4 cm³/mol. The predicted octanol–water partition coefficient (Wildman–Crippen LogP) is 3.72. The molecule has 1 N–H and O–H groups in total. The third-order valence-corrected chi connectivity index (χ3v) is 5.16. The Bertz CT molecular complexity index is 425. The van der Waals surface area contributed by atoms with Gasteiger partial charge in [0.15, 0.2) is 0 Å². The molecule has 0 amide bonds. The van der Waals surface area contributed by atoms with E-state index in [4.69, 9.17) is 0 Å². The fraction of sp³-hybridized carbons (Fsp3) is 0.647. The van der Waals surface area contributed by atoms with Crippen molar-refractivity contribution in [3.05, 3.63) is 35.4 Å². The first kappa shape index (κ1) is 14.5. The van der Waals surface area contributed by atoms with Crippen molar-refractivity contribution in [3.8, 4) is 0 Å². The van der Waals surface area contributed by atoms with Gasteiger partial charge in [-0.2, -0.15) is 0 Å². The summed E-state index contributed by atoms with van der Waals surface area (Å²) in [6, 6.07) is 8.46. The van der Waals surface area contributed by atoms with Gasteiger partial charge < -0.3 is 10.0 Å². The van der Waals surface area contributed by atoms with Crippen LogP contribution in [0, 0.1) is 0 Å². The molecule has 0 spiro atoms. The van der Waals surface area contributed by atoms with Gasteiger partial charge in [-0.3, -0.25) is 0 Å². The summed E-state index contributed by atoms with van der Waals surface area (Å²) in [5.41, 5.74) is 2.29. The SMILES string of the molecule is CCC(C)(C(O)c1ccccc1C1CCC1)N(C)C. The van der Waals surface area contributed by atoms with E-state index in [0.717, 1.165) is 12.0 Å². The maximum Gasteiger partial charge on any atom is 0.0973 e. The van der Waals surface area contributed by atoms with E-state index in [2.05, 4.69) is 51.0 Å². The highest BCUT2D eigenvalue weighted by Crippen LogP contribution is 2.42. The molecule has 1 aliphatic carbocycles. The topological polar surface area (TPSA) is 23.5 Å². The third kappa shape index (κ3) is 2.56. The average molecular weight is 261 g/mol. The Morgan fingerprint density at radius 2 is 1.95 bits per heavy atom. The number of hydrogen-bond donors (Lipinski definition) is 1. The van der Waals surface area contributed by atoms with Gasteiger partial charge in [-0.1, -0.05) is 37.6 Å². The van der Waals surface area contributed by atoms with Crippen LogP contribution in [0.15, 0.2) is 24.3 Å². The first-order chi connectivity index (χ1) is 9.00. The molecule has 1 fully saturated rings. The van der Waals surface area contributed by atoms with Crippen LogP contribution in [0.1, 0.15) is 62.7 Å². The first-order valence-corrected chi connectivity index (χ1v) is 7.45. The van der Waals surface area contributed by atoms with Gasteiger partial charge in [-0.25, -0.2) is 0 Å². The van der Waals surface area contributed by atoms with E-state index in [1.54, 1.807) is 0 Å². The Morgan fingerprint density at radius 3 is 2.42 bits per heavy atom. The molecule has 2 atom stereocenters. The van der Waals surface area contributed by atoms with Crippen LogP contribution in [0.2, 0.25) is 0 Å². The number of hydrogen-bond acceptors (Lipinski definition) is 2. The minimum absolute atomic E-state index is 0.208. The van der Waals surface area contributed by atoms with Gasteiger partial charge in [0.1, 0.15) is 0 Å². The van der Waals surface area contributed by atoms with E-state index in [9.17, 15) is 5.11 Å². The van der Waals surface area contributed by atoms with Crippen molar-refractivity contribution in [1.29, 1.82) is 0 Å². The van der Waals surface area contributed by atoms with Crippen LogP contribution >= 0.6 is 0 Å². The average Bonchev–Trinajstić information content (AvgIpc) is 2.35. The minimum Gasteiger partial charge on any atom is -0.386 e. The smallest absolute Gasteiger partial charge is 0.0973 e. The molecule has 0 aliphatic heterocycles. The molecule has 106 valence electrons. The summed E-state index contributed by atoms with van der Waals surface area (Å²) >= 11 is 0. The monoisotopic (exact) mass is 261 g/mol. The van der Waals surface area contributed by atoms with Gasteiger partial charge in [0.2, 0.25) is 0 Å².